The number of carbonyl (C=O) groups is 1. The van der Waals surface area contributed by atoms with Crippen LogP contribution in [-0.2, 0) is 6.54 Å². The molecule has 2 aromatic rings. The highest BCUT2D eigenvalue weighted by atomic mass is 32.1. The van der Waals surface area contributed by atoms with Crippen molar-refractivity contribution < 1.29 is 9.69 Å². The number of nitrogens with zero attached hydrogens (tertiary/aromatic N) is 3. The summed E-state index contributed by atoms with van der Waals surface area (Å²) in [5, 5.41) is 3.92. The molecule has 1 saturated heterocycles. The Bertz CT molecular complexity index is 605. The van der Waals surface area contributed by atoms with Crippen LogP contribution >= 0.6 is 11.5 Å². The quantitative estimate of drug-likeness (QED) is 0.892. The standard InChI is InChI=1S/C15H18N4OS/c1-12-14(21-17-16-12)15(20)19-9-7-18(8-10-19)11-13-5-3-2-4-6-13/h2-6H,7-11H2,1H3/p+1. The molecule has 0 unspecified atom stereocenters. The van der Waals surface area contributed by atoms with Crippen molar-refractivity contribution in [2.24, 2.45) is 0 Å². The molecule has 1 aromatic heterocycles. The van der Waals surface area contributed by atoms with E-state index in [4.69, 9.17) is 0 Å². The Kier molecular flexibility index (Phi) is 4.26. The average molecular weight is 303 g/mol. The number of hydrogen-bond acceptors (Lipinski definition) is 4. The Morgan fingerprint density at radius 3 is 2.62 bits per heavy atom. The summed E-state index contributed by atoms with van der Waals surface area (Å²) in [6.45, 7) is 6.46. The van der Waals surface area contributed by atoms with Gasteiger partial charge in [0.25, 0.3) is 5.91 Å². The first kappa shape index (κ1) is 14.2. The topological polar surface area (TPSA) is 50.5 Å². The zero-order valence-electron chi connectivity index (χ0n) is 12.1. The number of hydrogen-bond donors (Lipinski definition) is 1. The van der Waals surface area contributed by atoms with Crippen molar-refractivity contribution in [1.82, 2.24) is 14.5 Å². The minimum atomic E-state index is 0.0845. The van der Waals surface area contributed by atoms with E-state index in [1.54, 1.807) is 0 Å². The van der Waals surface area contributed by atoms with Crippen molar-refractivity contribution in [2.75, 3.05) is 26.2 Å². The number of rotatable bonds is 3. The van der Waals surface area contributed by atoms with E-state index >= 15 is 0 Å². The molecule has 0 atom stereocenters. The van der Waals surface area contributed by atoms with E-state index in [1.165, 1.54) is 22.0 Å². The summed E-state index contributed by atoms with van der Waals surface area (Å²) >= 11 is 1.20. The molecule has 1 aromatic carbocycles. The number of nitrogens with one attached hydrogen (secondary N) is 1. The molecule has 1 N–H and O–H groups in total. The van der Waals surface area contributed by atoms with Gasteiger partial charge in [-0.05, 0) is 18.5 Å². The van der Waals surface area contributed by atoms with E-state index in [0.29, 0.717) is 4.88 Å². The smallest absolute Gasteiger partial charge is 0.267 e. The van der Waals surface area contributed by atoms with Gasteiger partial charge in [0, 0.05) is 5.56 Å². The molecule has 1 amide bonds. The van der Waals surface area contributed by atoms with Crippen LogP contribution < -0.4 is 4.90 Å². The Morgan fingerprint density at radius 1 is 1.29 bits per heavy atom. The molecule has 0 saturated carbocycles. The number of piperazine rings is 1. The molecule has 0 aliphatic carbocycles. The Hall–Kier alpha value is -1.79. The molecule has 110 valence electrons. The summed E-state index contributed by atoms with van der Waals surface area (Å²) in [6.07, 6.45) is 0. The third kappa shape index (κ3) is 3.28. The minimum Gasteiger partial charge on any atom is -0.328 e. The van der Waals surface area contributed by atoms with Gasteiger partial charge in [0.1, 0.15) is 11.4 Å². The molecular formula is C15H19N4OS+. The van der Waals surface area contributed by atoms with Crippen LogP contribution in [0.3, 0.4) is 0 Å². The predicted molar refractivity (Wildman–Crippen MR) is 81.4 cm³/mol. The zero-order chi connectivity index (χ0) is 14.7. The predicted octanol–water partition coefficient (Wildman–Crippen LogP) is 0.387. The van der Waals surface area contributed by atoms with Crippen LogP contribution in [0, 0.1) is 6.92 Å². The molecule has 0 bridgehead atoms. The van der Waals surface area contributed by atoms with E-state index < -0.39 is 0 Å². The number of amides is 1. The lowest BCUT2D eigenvalue weighted by atomic mass is 10.2. The molecule has 2 heterocycles. The van der Waals surface area contributed by atoms with E-state index in [1.807, 2.05) is 17.9 Å². The van der Waals surface area contributed by atoms with Gasteiger partial charge < -0.3 is 9.80 Å². The Balaban J connectivity index is 1.56. The lowest BCUT2D eigenvalue weighted by Gasteiger charge is -2.32. The lowest BCUT2D eigenvalue weighted by Crippen LogP contribution is -3.13. The molecule has 5 nitrogen and oxygen atoms in total. The summed E-state index contributed by atoms with van der Waals surface area (Å²) < 4.78 is 3.85. The van der Waals surface area contributed by atoms with Crippen molar-refractivity contribution in [2.45, 2.75) is 13.5 Å². The first-order chi connectivity index (χ1) is 10.2. The van der Waals surface area contributed by atoms with Gasteiger partial charge in [-0.2, -0.15) is 0 Å². The third-order valence-corrected chi connectivity index (χ3v) is 4.72. The molecule has 21 heavy (non-hydrogen) atoms. The van der Waals surface area contributed by atoms with Crippen molar-refractivity contribution in [3.05, 3.63) is 46.5 Å². The summed E-state index contributed by atoms with van der Waals surface area (Å²) in [4.78, 5) is 16.5. The molecule has 3 rings (SSSR count). The van der Waals surface area contributed by atoms with Crippen molar-refractivity contribution in [1.29, 1.82) is 0 Å². The fraction of sp³-hybridized carbons (Fsp3) is 0.400. The highest BCUT2D eigenvalue weighted by molar-refractivity contribution is 7.07. The highest BCUT2D eigenvalue weighted by Crippen LogP contribution is 2.12. The lowest BCUT2D eigenvalue weighted by molar-refractivity contribution is -0.917. The fourth-order valence-corrected chi connectivity index (χ4v) is 3.28. The number of aromatic nitrogens is 2. The molecule has 1 fully saturated rings. The molecule has 6 heteroatoms. The van der Waals surface area contributed by atoms with Crippen molar-refractivity contribution in [3.8, 4) is 0 Å². The van der Waals surface area contributed by atoms with Gasteiger partial charge in [-0.3, -0.25) is 4.79 Å². The average Bonchev–Trinajstić information content (AvgIpc) is 2.94. The van der Waals surface area contributed by atoms with Crippen molar-refractivity contribution in [3.63, 3.8) is 0 Å². The maximum atomic E-state index is 12.4. The number of aryl methyl sites for hydroxylation is 1. The number of quaternary nitrogens is 1. The van der Waals surface area contributed by atoms with Crippen LogP contribution in [0.25, 0.3) is 0 Å². The van der Waals surface area contributed by atoms with Crippen molar-refractivity contribution >= 4 is 17.4 Å². The first-order valence-corrected chi connectivity index (χ1v) is 7.97. The monoisotopic (exact) mass is 303 g/mol. The van der Waals surface area contributed by atoms with Gasteiger partial charge in [0.2, 0.25) is 0 Å². The van der Waals surface area contributed by atoms with Crippen LogP contribution in [0.4, 0.5) is 0 Å². The van der Waals surface area contributed by atoms with Gasteiger partial charge >= 0.3 is 0 Å². The Morgan fingerprint density at radius 2 is 2.00 bits per heavy atom. The van der Waals surface area contributed by atoms with Gasteiger partial charge in [0.15, 0.2) is 0 Å². The molecular weight excluding hydrogens is 284 g/mol. The molecule has 0 spiro atoms. The minimum absolute atomic E-state index is 0.0845. The third-order valence-electron chi connectivity index (χ3n) is 3.90. The van der Waals surface area contributed by atoms with Crippen LogP contribution in [0.1, 0.15) is 20.9 Å². The SMILES string of the molecule is Cc1nnsc1C(=O)N1CC[NH+](Cc2ccccc2)CC1. The second kappa shape index (κ2) is 6.32. The number of carbonyl (C=O) groups excluding carboxylic acids is 1. The van der Waals surface area contributed by atoms with Crippen LogP contribution in [-0.4, -0.2) is 46.6 Å². The molecule has 1 aliphatic rings. The molecule has 1 aliphatic heterocycles. The summed E-state index contributed by atoms with van der Waals surface area (Å²) in [6, 6.07) is 10.5. The van der Waals surface area contributed by atoms with E-state index in [9.17, 15) is 4.79 Å². The maximum absolute atomic E-state index is 12.4. The highest BCUT2D eigenvalue weighted by Gasteiger charge is 2.26. The van der Waals surface area contributed by atoms with E-state index in [2.05, 4.69) is 33.9 Å². The summed E-state index contributed by atoms with van der Waals surface area (Å²) in [5.41, 5.74) is 2.10. The summed E-state index contributed by atoms with van der Waals surface area (Å²) in [7, 11) is 0. The van der Waals surface area contributed by atoms with Crippen LogP contribution in [0.2, 0.25) is 0 Å². The maximum Gasteiger partial charge on any atom is 0.267 e. The molecule has 0 radical (unpaired) electrons. The van der Waals surface area contributed by atoms with Crippen LogP contribution in [0.15, 0.2) is 30.3 Å². The van der Waals surface area contributed by atoms with Gasteiger partial charge in [-0.25, -0.2) is 0 Å². The second-order valence-electron chi connectivity index (χ2n) is 5.39. The van der Waals surface area contributed by atoms with Gasteiger partial charge in [-0.1, -0.05) is 34.8 Å². The van der Waals surface area contributed by atoms with Crippen LogP contribution in [0.5, 0.6) is 0 Å². The zero-order valence-corrected chi connectivity index (χ0v) is 12.9. The largest absolute Gasteiger partial charge is 0.328 e. The normalized spacial score (nSPS) is 16.1. The Labute approximate surface area is 128 Å². The number of benzene rings is 1. The van der Waals surface area contributed by atoms with Gasteiger partial charge in [-0.15, -0.1) is 5.10 Å². The first-order valence-electron chi connectivity index (χ1n) is 7.20. The summed E-state index contributed by atoms with van der Waals surface area (Å²) in [5.74, 6) is 0.0845. The fourth-order valence-electron chi connectivity index (χ4n) is 2.66. The van der Waals surface area contributed by atoms with E-state index in [-0.39, 0.29) is 5.91 Å². The van der Waals surface area contributed by atoms with Gasteiger partial charge in [0.05, 0.1) is 31.9 Å². The second-order valence-corrected chi connectivity index (χ2v) is 6.15. The van der Waals surface area contributed by atoms with E-state index in [0.717, 1.165) is 38.4 Å².